The van der Waals surface area contributed by atoms with E-state index in [9.17, 15) is 14.0 Å². The molecule has 2 heterocycles. The average molecular weight is 575 g/mol. The number of nitrogen functional groups attached to an aromatic ring is 1. The quantitative estimate of drug-likeness (QED) is 0.387. The van der Waals surface area contributed by atoms with E-state index in [0.717, 1.165) is 13.1 Å². The molecular formula is C27H29Cl2FN6O3. The van der Waals surface area contributed by atoms with Gasteiger partial charge in [-0.3, -0.25) is 14.5 Å². The molecule has 2 amide bonds. The molecule has 3 N–H and O–H groups in total. The first-order valence-electron chi connectivity index (χ1n) is 12.4. The van der Waals surface area contributed by atoms with E-state index in [0.29, 0.717) is 43.0 Å². The Morgan fingerprint density at radius 1 is 1.18 bits per heavy atom. The molecule has 2 aromatic carbocycles. The molecule has 9 nitrogen and oxygen atoms in total. The van der Waals surface area contributed by atoms with Crippen molar-refractivity contribution in [2.45, 2.75) is 20.0 Å². The highest BCUT2D eigenvalue weighted by Crippen LogP contribution is 2.35. The van der Waals surface area contributed by atoms with Crippen molar-refractivity contribution in [3.05, 3.63) is 69.6 Å². The highest BCUT2D eigenvalue weighted by Gasteiger charge is 2.21. The van der Waals surface area contributed by atoms with Gasteiger partial charge in [0.25, 0.3) is 11.8 Å². The van der Waals surface area contributed by atoms with Crippen LogP contribution in [0.3, 0.4) is 0 Å². The zero-order valence-electron chi connectivity index (χ0n) is 21.6. The molecule has 39 heavy (non-hydrogen) atoms. The van der Waals surface area contributed by atoms with Gasteiger partial charge in [0, 0.05) is 67.9 Å². The minimum atomic E-state index is -0.768. The molecule has 4 rings (SSSR count). The Balaban J connectivity index is 1.41. The highest BCUT2D eigenvalue weighted by molar-refractivity contribution is 6.36. The number of nitrogens with one attached hydrogen (secondary N) is 1. The zero-order valence-corrected chi connectivity index (χ0v) is 23.1. The van der Waals surface area contributed by atoms with Crippen LogP contribution in [-0.4, -0.2) is 70.9 Å². The van der Waals surface area contributed by atoms with Crippen LogP contribution in [0.1, 0.15) is 35.9 Å². The number of nitrogens with zero attached hydrogens (tertiary/aromatic N) is 4. The van der Waals surface area contributed by atoms with Gasteiger partial charge in [0.2, 0.25) is 5.91 Å². The lowest BCUT2D eigenvalue weighted by Gasteiger charge is -2.34. The number of aromatic nitrogens is 2. The molecule has 0 saturated carbocycles. The average Bonchev–Trinajstić information content (AvgIpc) is 2.92. The predicted molar refractivity (Wildman–Crippen MR) is 148 cm³/mol. The molecule has 1 aromatic heterocycles. The number of hydrogen-bond acceptors (Lipinski definition) is 7. The molecule has 1 atom stereocenters. The summed E-state index contributed by atoms with van der Waals surface area (Å²) in [5.74, 6) is -0.696. The first-order valence-corrected chi connectivity index (χ1v) is 13.2. The van der Waals surface area contributed by atoms with Crippen molar-refractivity contribution in [1.82, 2.24) is 25.1 Å². The molecule has 3 aromatic rings. The molecule has 1 fully saturated rings. The molecule has 0 aliphatic carbocycles. The topological polar surface area (TPSA) is 114 Å². The van der Waals surface area contributed by atoms with Crippen molar-refractivity contribution in [1.29, 1.82) is 0 Å². The maximum Gasteiger partial charge on any atom is 0.258 e. The van der Waals surface area contributed by atoms with Gasteiger partial charge in [-0.1, -0.05) is 35.3 Å². The van der Waals surface area contributed by atoms with E-state index in [4.69, 9.17) is 33.7 Å². The van der Waals surface area contributed by atoms with Gasteiger partial charge in [0.1, 0.15) is 11.9 Å². The molecule has 1 aliphatic rings. The lowest BCUT2D eigenvalue weighted by molar-refractivity contribution is -0.130. The summed E-state index contributed by atoms with van der Waals surface area (Å²) < 4.78 is 19.9. The number of benzene rings is 2. The van der Waals surface area contributed by atoms with Gasteiger partial charge < -0.3 is 20.7 Å². The third-order valence-corrected chi connectivity index (χ3v) is 7.21. The molecule has 0 spiro atoms. The Hall–Kier alpha value is -3.47. The Morgan fingerprint density at radius 3 is 2.64 bits per heavy atom. The summed E-state index contributed by atoms with van der Waals surface area (Å²) in [6, 6.07) is 9.53. The lowest BCUT2D eigenvalue weighted by atomic mass is 10.1. The van der Waals surface area contributed by atoms with E-state index < -0.39 is 11.9 Å². The third kappa shape index (κ3) is 6.95. The number of carbonyl (C=O) groups is 2. The van der Waals surface area contributed by atoms with Crippen LogP contribution in [0.5, 0.6) is 5.88 Å². The molecule has 206 valence electrons. The fourth-order valence-electron chi connectivity index (χ4n) is 4.28. The SMILES string of the molecule is CC(=O)N1CCN(CCNC(=O)c2cccc(-c3cnc(N)c(OC(C)c4c(Cl)ccc(F)c4Cl)n3)c2)CC1. The Labute approximate surface area is 236 Å². The van der Waals surface area contributed by atoms with E-state index in [-0.39, 0.29) is 39.1 Å². The van der Waals surface area contributed by atoms with Crippen molar-refractivity contribution in [3.8, 4) is 17.1 Å². The maximum atomic E-state index is 14.0. The Kier molecular flexibility index (Phi) is 9.21. The van der Waals surface area contributed by atoms with Crippen molar-refractivity contribution in [2.75, 3.05) is 45.0 Å². The number of anilines is 1. The summed E-state index contributed by atoms with van der Waals surface area (Å²) in [4.78, 5) is 37.0. The molecule has 1 unspecified atom stereocenters. The van der Waals surface area contributed by atoms with Gasteiger partial charge in [-0.2, -0.15) is 0 Å². The molecule has 1 saturated heterocycles. The fraction of sp³-hybridized carbons (Fsp3) is 0.333. The Bertz CT molecular complexity index is 1370. The van der Waals surface area contributed by atoms with Gasteiger partial charge in [-0.25, -0.2) is 14.4 Å². The second-order valence-corrected chi connectivity index (χ2v) is 9.93. The van der Waals surface area contributed by atoms with Crippen LogP contribution in [0.2, 0.25) is 10.0 Å². The summed E-state index contributed by atoms with van der Waals surface area (Å²) in [5.41, 5.74) is 7.78. The number of nitrogens with two attached hydrogens (primary N) is 1. The molecule has 1 aliphatic heterocycles. The van der Waals surface area contributed by atoms with Crippen LogP contribution in [0.15, 0.2) is 42.6 Å². The second-order valence-electron chi connectivity index (χ2n) is 9.15. The van der Waals surface area contributed by atoms with Crippen LogP contribution in [0.4, 0.5) is 10.2 Å². The van der Waals surface area contributed by atoms with E-state index in [1.807, 2.05) is 4.90 Å². The van der Waals surface area contributed by atoms with Gasteiger partial charge in [0.05, 0.1) is 16.9 Å². The van der Waals surface area contributed by atoms with E-state index in [1.54, 1.807) is 38.1 Å². The van der Waals surface area contributed by atoms with E-state index in [1.165, 1.54) is 18.3 Å². The van der Waals surface area contributed by atoms with Gasteiger partial charge in [0.15, 0.2) is 5.82 Å². The van der Waals surface area contributed by atoms with Crippen LogP contribution >= 0.6 is 23.2 Å². The zero-order chi connectivity index (χ0) is 28.1. The fourth-order valence-corrected chi connectivity index (χ4v) is 4.96. The van der Waals surface area contributed by atoms with Crippen molar-refractivity contribution in [2.24, 2.45) is 0 Å². The number of ether oxygens (including phenoxy) is 1. The summed E-state index contributed by atoms with van der Waals surface area (Å²) in [6.45, 7) is 7.34. The van der Waals surface area contributed by atoms with Crippen LogP contribution in [0.25, 0.3) is 11.3 Å². The largest absolute Gasteiger partial charge is 0.467 e. The van der Waals surface area contributed by atoms with Crippen molar-refractivity contribution >= 4 is 40.8 Å². The minimum Gasteiger partial charge on any atom is -0.467 e. The maximum absolute atomic E-state index is 14.0. The number of halogens is 3. The smallest absolute Gasteiger partial charge is 0.258 e. The number of hydrogen-bond donors (Lipinski definition) is 2. The summed E-state index contributed by atoms with van der Waals surface area (Å²) >= 11 is 12.3. The molecule has 0 radical (unpaired) electrons. The van der Waals surface area contributed by atoms with Gasteiger partial charge >= 0.3 is 0 Å². The molecular weight excluding hydrogens is 546 g/mol. The lowest BCUT2D eigenvalue weighted by Crippen LogP contribution is -2.49. The van der Waals surface area contributed by atoms with Crippen molar-refractivity contribution in [3.63, 3.8) is 0 Å². The predicted octanol–water partition coefficient (Wildman–Crippen LogP) is 4.21. The Morgan fingerprint density at radius 2 is 1.92 bits per heavy atom. The van der Waals surface area contributed by atoms with Crippen LogP contribution < -0.4 is 15.8 Å². The first kappa shape index (κ1) is 28.5. The van der Waals surface area contributed by atoms with Gasteiger partial charge in [-0.05, 0) is 31.2 Å². The minimum absolute atomic E-state index is 0.0242. The summed E-state index contributed by atoms with van der Waals surface area (Å²) in [6.07, 6.45) is 0.710. The highest BCUT2D eigenvalue weighted by atomic mass is 35.5. The normalized spacial score (nSPS) is 14.6. The number of rotatable bonds is 8. The standard InChI is InChI=1S/C27H29Cl2FN6O3/c1-16(23-20(28)6-7-21(30)24(23)29)39-27-25(31)33-15-22(34-27)18-4-3-5-19(14-18)26(38)32-8-9-35-10-12-36(13-11-35)17(2)37/h3-7,14-16H,8-13H2,1-2H3,(H2,31,33)(H,32,38). The summed E-state index contributed by atoms with van der Waals surface area (Å²) in [5, 5.41) is 3.04. The number of amides is 2. The first-order chi connectivity index (χ1) is 18.6. The third-order valence-electron chi connectivity index (χ3n) is 6.49. The second kappa shape index (κ2) is 12.6. The van der Waals surface area contributed by atoms with E-state index >= 15 is 0 Å². The molecule has 0 bridgehead atoms. The summed E-state index contributed by atoms with van der Waals surface area (Å²) in [7, 11) is 0. The monoisotopic (exact) mass is 574 g/mol. The van der Waals surface area contributed by atoms with Crippen molar-refractivity contribution < 1.29 is 18.7 Å². The van der Waals surface area contributed by atoms with Crippen LogP contribution in [-0.2, 0) is 4.79 Å². The van der Waals surface area contributed by atoms with Crippen LogP contribution in [0, 0.1) is 5.82 Å². The van der Waals surface area contributed by atoms with E-state index in [2.05, 4.69) is 20.2 Å². The number of carbonyl (C=O) groups excluding carboxylic acids is 2. The molecule has 12 heteroatoms. The number of piperazine rings is 1. The van der Waals surface area contributed by atoms with Gasteiger partial charge in [-0.15, -0.1) is 0 Å².